The van der Waals surface area contributed by atoms with Crippen LogP contribution in [-0.4, -0.2) is 38.0 Å². The van der Waals surface area contributed by atoms with Crippen LogP contribution in [0.25, 0.3) is 11.4 Å². The first-order chi connectivity index (χ1) is 15.0. The molecule has 1 N–H and O–H groups in total. The minimum atomic E-state index is -0.490. The molecule has 1 aromatic heterocycles. The van der Waals surface area contributed by atoms with Gasteiger partial charge in [0.05, 0.1) is 17.3 Å². The van der Waals surface area contributed by atoms with Crippen molar-refractivity contribution in [3.05, 3.63) is 71.3 Å². The third kappa shape index (κ3) is 5.70. The first-order valence-corrected chi connectivity index (χ1v) is 10.4. The van der Waals surface area contributed by atoms with Crippen LogP contribution in [0.2, 0.25) is 0 Å². The van der Waals surface area contributed by atoms with Gasteiger partial charge in [-0.25, -0.2) is 0 Å². The molecule has 0 atom stereocenters. The standard InChI is InChI=1S/C21H21N5O4S/c1-3-13-25-20(15-5-11-18(12-6-15)30-4-2)23-24-21(25)31-14-19(27)22-16-7-9-17(10-8-16)26(28)29/h3,5-12H,1,4,13-14H2,2H3,(H,22,27). The van der Waals surface area contributed by atoms with E-state index in [0.29, 0.717) is 29.8 Å². The third-order valence-corrected chi connectivity index (χ3v) is 5.11. The van der Waals surface area contributed by atoms with E-state index in [2.05, 4.69) is 22.1 Å². The minimum absolute atomic E-state index is 0.0354. The normalized spacial score (nSPS) is 10.5. The molecule has 1 heterocycles. The van der Waals surface area contributed by atoms with E-state index >= 15 is 0 Å². The van der Waals surface area contributed by atoms with Gasteiger partial charge in [-0.15, -0.1) is 16.8 Å². The van der Waals surface area contributed by atoms with Crippen molar-refractivity contribution in [2.24, 2.45) is 0 Å². The van der Waals surface area contributed by atoms with Crippen LogP contribution < -0.4 is 10.1 Å². The number of nitrogens with one attached hydrogen (secondary N) is 1. The second-order valence-electron chi connectivity index (χ2n) is 6.30. The molecule has 0 radical (unpaired) electrons. The van der Waals surface area contributed by atoms with Gasteiger partial charge in [0.2, 0.25) is 5.91 Å². The van der Waals surface area contributed by atoms with Crippen LogP contribution in [0.4, 0.5) is 11.4 Å². The van der Waals surface area contributed by atoms with Crippen LogP contribution in [0.1, 0.15) is 6.92 Å². The van der Waals surface area contributed by atoms with Gasteiger partial charge in [-0.2, -0.15) is 0 Å². The molecule has 0 unspecified atom stereocenters. The van der Waals surface area contributed by atoms with Crippen LogP contribution >= 0.6 is 11.8 Å². The Bertz CT molecular complexity index is 1060. The van der Waals surface area contributed by atoms with Gasteiger partial charge in [-0.3, -0.25) is 19.5 Å². The van der Waals surface area contributed by atoms with Gasteiger partial charge in [0.1, 0.15) is 5.75 Å². The molecule has 0 aliphatic carbocycles. The fourth-order valence-corrected chi connectivity index (χ4v) is 3.51. The molecule has 0 saturated carbocycles. The zero-order valence-corrected chi connectivity index (χ0v) is 17.7. The SMILES string of the molecule is C=CCn1c(SCC(=O)Nc2ccc([N+](=O)[O-])cc2)nnc1-c1ccc(OCC)cc1. The molecule has 1 amide bonds. The summed E-state index contributed by atoms with van der Waals surface area (Å²) < 4.78 is 7.35. The lowest BCUT2D eigenvalue weighted by atomic mass is 10.2. The molecule has 3 aromatic rings. The van der Waals surface area contributed by atoms with Crippen molar-refractivity contribution in [1.29, 1.82) is 0 Å². The lowest BCUT2D eigenvalue weighted by Crippen LogP contribution is -2.14. The number of carbonyl (C=O) groups excluding carboxylic acids is 1. The summed E-state index contributed by atoms with van der Waals surface area (Å²) in [5.41, 5.74) is 1.32. The Balaban J connectivity index is 1.67. The molecule has 10 heteroatoms. The van der Waals surface area contributed by atoms with Crippen LogP contribution in [0.3, 0.4) is 0 Å². The first-order valence-electron chi connectivity index (χ1n) is 9.46. The first kappa shape index (κ1) is 22.0. The number of hydrogen-bond acceptors (Lipinski definition) is 7. The van der Waals surface area contributed by atoms with Crippen LogP contribution in [0, 0.1) is 10.1 Å². The number of nitrogens with zero attached hydrogens (tertiary/aromatic N) is 4. The molecule has 0 bridgehead atoms. The molecule has 9 nitrogen and oxygen atoms in total. The molecule has 0 aliphatic heterocycles. The number of allylic oxidation sites excluding steroid dienone is 1. The quantitative estimate of drug-likeness (QED) is 0.218. The number of ether oxygens (including phenoxy) is 1. The topological polar surface area (TPSA) is 112 Å². The molecule has 3 rings (SSSR count). The highest BCUT2D eigenvalue weighted by Gasteiger charge is 2.15. The number of hydrogen-bond donors (Lipinski definition) is 1. The molecule has 0 spiro atoms. The Morgan fingerprint density at radius 2 is 1.94 bits per heavy atom. The molecule has 0 aliphatic rings. The van der Waals surface area contributed by atoms with Crippen molar-refractivity contribution in [3.8, 4) is 17.1 Å². The van der Waals surface area contributed by atoms with Gasteiger partial charge in [0, 0.05) is 29.9 Å². The average molecular weight is 439 g/mol. The summed E-state index contributed by atoms with van der Waals surface area (Å²) in [6.45, 7) is 6.79. The van der Waals surface area contributed by atoms with E-state index in [4.69, 9.17) is 4.74 Å². The van der Waals surface area contributed by atoms with E-state index in [1.54, 1.807) is 6.08 Å². The highest BCUT2D eigenvalue weighted by molar-refractivity contribution is 7.99. The van der Waals surface area contributed by atoms with Gasteiger partial charge in [0.25, 0.3) is 5.69 Å². The minimum Gasteiger partial charge on any atom is -0.494 e. The van der Waals surface area contributed by atoms with E-state index in [9.17, 15) is 14.9 Å². The maximum atomic E-state index is 12.3. The number of amides is 1. The van der Waals surface area contributed by atoms with Crippen molar-refractivity contribution in [1.82, 2.24) is 14.8 Å². The highest BCUT2D eigenvalue weighted by atomic mass is 32.2. The Kier molecular flexibility index (Phi) is 7.39. The summed E-state index contributed by atoms with van der Waals surface area (Å²) in [5.74, 6) is 1.30. The molecule has 160 valence electrons. The summed E-state index contributed by atoms with van der Waals surface area (Å²) in [4.78, 5) is 22.5. The second kappa shape index (κ2) is 10.4. The number of thioether (sulfide) groups is 1. The van der Waals surface area contributed by atoms with Crippen molar-refractivity contribution in [2.45, 2.75) is 18.6 Å². The molecular weight excluding hydrogens is 418 g/mol. The number of nitro benzene ring substituents is 1. The predicted octanol–water partition coefficient (Wildman–Crippen LogP) is 4.17. The fourth-order valence-electron chi connectivity index (χ4n) is 2.76. The molecule has 0 saturated heterocycles. The van der Waals surface area contributed by atoms with E-state index in [-0.39, 0.29) is 17.3 Å². The summed E-state index contributed by atoms with van der Waals surface area (Å²) in [7, 11) is 0. The van der Waals surface area contributed by atoms with E-state index in [0.717, 1.165) is 11.3 Å². The van der Waals surface area contributed by atoms with Crippen molar-refractivity contribution in [3.63, 3.8) is 0 Å². The third-order valence-electron chi connectivity index (χ3n) is 4.15. The molecular formula is C21H21N5O4S. The average Bonchev–Trinajstić information content (AvgIpc) is 3.16. The zero-order valence-electron chi connectivity index (χ0n) is 16.9. The highest BCUT2D eigenvalue weighted by Crippen LogP contribution is 2.26. The smallest absolute Gasteiger partial charge is 0.269 e. The maximum Gasteiger partial charge on any atom is 0.269 e. The van der Waals surface area contributed by atoms with Gasteiger partial charge in [-0.1, -0.05) is 17.8 Å². The number of anilines is 1. The van der Waals surface area contributed by atoms with Crippen molar-refractivity contribution >= 4 is 29.0 Å². The van der Waals surface area contributed by atoms with Gasteiger partial charge >= 0.3 is 0 Å². The van der Waals surface area contributed by atoms with Gasteiger partial charge in [-0.05, 0) is 43.3 Å². The van der Waals surface area contributed by atoms with Crippen LogP contribution in [-0.2, 0) is 11.3 Å². The fraction of sp³-hybridized carbons (Fsp3) is 0.190. The van der Waals surface area contributed by atoms with E-state index in [1.807, 2.05) is 35.8 Å². The lowest BCUT2D eigenvalue weighted by Gasteiger charge is -2.09. The van der Waals surface area contributed by atoms with E-state index in [1.165, 1.54) is 36.0 Å². The number of aromatic nitrogens is 3. The number of benzene rings is 2. The Morgan fingerprint density at radius 1 is 1.23 bits per heavy atom. The van der Waals surface area contributed by atoms with Crippen LogP contribution in [0.15, 0.2) is 66.3 Å². The Labute approximate surface area is 183 Å². The van der Waals surface area contributed by atoms with Gasteiger partial charge in [0.15, 0.2) is 11.0 Å². The number of non-ortho nitro benzene ring substituents is 1. The Morgan fingerprint density at radius 3 is 2.55 bits per heavy atom. The zero-order chi connectivity index (χ0) is 22.2. The maximum absolute atomic E-state index is 12.3. The Hall–Kier alpha value is -3.66. The largest absolute Gasteiger partial charge is 0.494 e. The lowest BCUT2D eigenvalue weighted by molar-refractivity contribution is -0.384. The second-order valence-corrected chi connectivity index (χ2v) is 7.25. The number of carbonyl (C=O) groups is 1. The number of nitro groups is 1. The molecule has 0 fully saturated rings. The summed E-state index contributed by atoms with van der Waals surface area (Å²) in [6, 6.07) is 13.2. The van der Waals surface area contributed by atoms with Crippen molar-refractivity contribution in [2.75, 3.05) is 17.7 Å². The van der Waals surface area contributed by atoms with Crippen LogP contribution in [0.5, 0.6) is 5.75 Å². The molecule has 2 aromatic carbocycles. The molecule has 31 heavy (non-hydrogen) atoms. The monoisotopic (exact) mass is 439 g/mol. The predicted molar refractivity (Wildman–Crippen MR) is 119 cm³/mol. The number of rotatable bonds is 10. The van der Waals surface area contributed by atoms with E-state index < -0.39 is 4.92 Å². The van der Waals surface area contributed by atoms with Gasteiger partial charge < -0.3 is 10.1 Å². The summed E-state index contributed by atoms with van der Waals surface area (Å²) >= 11 is 1.25. The summed E-state index contributed by atoms with van der Waals surface area (Å²) in [5, 5.41) is 22.5. The summed E-state index contributed by atoms with van der Waals surface area (Å²) in [6.07, 6.45) is 1.74. The van der Waals surface area contributed by atoms with Crippen molar-refractivity contribution < 1.29 is 14.5 Å².